The third-order valence-electron chi connectivity index (χ3n) is 4.74. The van der Waals surface area contributed by atoms with Crippen LogP contribution in [-0.4, -0.2) is 62.6 Å². The molecule has 2 saturated heterocycles. The minimum Gasteiger partial charge on any atom is -0.381 e. The summed E-state index contributed by atoms with van der Waals surface area (Å²) in [6.07, 6.45) is 5.49. The Morgan fingerprint density at radius 2 is 2.00 bits per heavy atom. The van der Waals surface area contributed by atoms with Gasteiger partial charge in [0.15, 0.2) is 0 Å². The Balaban J connectivity index is 1.48. The first kappa shape index (κ1) is 15.7. The van der Waals surface area contributed by atoms with E-state index in [-0.39, 0.29) is 10.7 Å². The van der Waals surface area contributed by atoms with Crippen molar-refractivity contribution in [2.75, 3.05) is 32.1 Å². The highest BCUT2D eigenvalue weighted by molar-refractivity contribution is 8.00. The van der Waals surface area contributed by atoms with Crippen LogP contribution >= 0.6 is 11.8 Å². The fourth-order valence-electron chi connectivity index (χ4n) is 3.35. The van der Waals surface area contributed by atoms with Crippen molar-refractivity contribution in [3.05, 3.63) is 42.2 Å². The number of hydrogen-bond acceptors (Lipinski definition) is 5. The lowest BCUT2D eigenvalue weighted by molar-refractivity contribution is 0.0536. The van der Waals surface area contributed by atoms with Gasteiger partial charge >= 0.3 is 0 Å². The first-order chi connectivity index (χ1) is 11.8. The quantitative estimate of drug-likeness (QED) is 0.834. The van der Waals surface area contributed by atoms with Crippen LogP contribution < -0.4 is 0 Å². The summed E-state index contributed by atoms with van der Waals surface area (Å²) in [4.78, 5) is 14.9. The van der Waals surface area contributed by atoms with Gasteiger partial charge < -0.3 is 9.64 Å². The lowest BCUT2D eigenvalue weighted by Gasteiger charge is -2.44. The van der Waals surface area contributed by atoms with Crippen LogP contribution in [0.4, 0.5) is 0 Å². The van der Waals surface area contributed by atoms with Gasteiger partial charge in [-0.1, -0.05) is 5.21 Å². The second-order valence-corrected chi connectivity index (χ2v) is 7.83. The topological polar surface area (TPSA) is 60.2 Å². The van der Waals surface area contributed by atoms with Crippen molar-refractivity contribution in [3.8, 4) is 5.69 Å². The summed E-state index contributed by atoms with van der Waals surface area (Å²) in [5, 5.41) is 7.77. The molecule has 1 aromatic heterocycles. The molecule has 126 valence electrons. The van der Waals surface area contributed by atoms with Crippen LogP contribution in [0, 0.1) is 0 Å². The number of hydrogen-bond donors (Lipinski definition) is 0. The average molecular weight is 344 g/mol. The molecule has 2 aliphatic rings. The van der Waals surface area contributed by atoms with E-state index in [0.29, 0.717) is 0 Å². The zero-order chi connectivity index (χ0) is 16.4. The molecule has 2 aromatic rings. The number of ether oxygens (including phenoxy) is 1. The Labute approximate surface area is 145 Å². The Kier molecular flexibility index (Phi) is 4.28. The van der Waals surface area contributed by atoms with Gasteiger partial charge in [-0.3, -0.25) is 4.79 Å². The minimum absolute atomic E-state index is 0.117. The van der Waals surface area contributed by atoms with E-state index in [1.807, 2.05) is 40.9 Å². The van der Waals surface area contributed by atoms with Crippen LogP contribution in [0.25, 0.3) is 5.69 Å². The van der Waals surface area contributed by atoms with Crippen molar-refractivity contribution >= 4 is 17.7 Å². The number of benzene rings is 1. The maximum absolute atomic E-state index is 12.9. The lowest BCUT2D eigenvalue weighted by Crippen LogP contribution is -2.51. The summed E-state index contributed by atoms with van der Waals surface area (Å²) in [5.74, 6) is 1.12. The second-order valence-electron chi connectivity index (χ2n) is 6.27. The molecule has 0 unspecified atom stereocenters. The molecule has 1 spiro atoms. The number of nitrogens with zero attached hydrogens (tertiary/aromatic N) is 4. The van der Waals surface area contributed by atoms with E-state index >= 15 is 0 Å². The Morgan fingerprint density at radius 3 is 2.71 bits per heavy atom. The fraction of sp³-hybridized carbons (Fsp3) is 0.471. The highest BCUT2D eigenvalue weighted by atomic mass is 32.2. The number of carbonyl (C=O) groups is 1. The van der Waals surface area contributed by atoms with E-state index in [2.05, 4.69) is 10.3 Å². The molecule has 0 bridgehead atoms. The number of thioether (sulfide) groups is 1. The van der Waals surface area contributed by atoms with Crippen molar-refractivity contribution in [2.45, 2.75) is 17.6 Å². The standard InChI is InChI=1S/C17H20N4O2S/c22-16(14-1-3-15(4-2-14)21-8-7-18-19-21)20-9-12-24-17(13-20)5-10-23-11-6-17/h1-4,7-8H,5-6,9-13H2. The van der Waals surface area contributed by atoms with Crippen molar-refractivity contribution in [2.24, 2.45) is 0 Å². The van der Waals surface area contributed by atoms with Gasteiger partial charge in [0.2, 0.25) is 0 Å². The fourth-order valence-corrected chi connectivity index (χ4v) is 4.80. The maximum atomic E-state index is 12.9. The first-order valence-electron chi connectivity index (χ1n) is 8.24. The third-order valence-corrected chi connectivity index (χ3v) is 6.28. The summed E-state index contributed by atoms with van der Waals surface area (Å²) in [7, 11) is 0. The van der Waals surface area contributed by atoms with E-state index in [1.54, 1.807) is 17.1 Å². The van der Waals surface area contributed by atoms with Crippen molar-refractivity contribution in [3.63, 3.8) is 0 Å². The molecule has 0 aliphatic carbocycles. The SMILES string of the molecule is O=C(c1ccc(-n2ccnn2)cc1)N1CCSC2(CCOCC2)C1. The summed E-state index contributed by atoms with van der Waals surface area (Å²) < 4.78 is 7.37. The number of aromatic nitrogens is 3. The van der Waals surface area contributed by atoms with Gasteiger partial charge in [-0.05, 0) is 37.1 Å². The van der Waals surface area contributed by atoms with E-state index < -0.39 is 0 Å². The summed E-state index contributed by atoms with van der Waals surface area (Å²) >= 11 is 2.01. The van der Waals surface area contributed by atoms with E-state index in [1.165, 1.54) is 0 Å². The molecule has 0 atom stereocenters. The molecule has 24 heavy (non-hydrogen) atoms. The van der Waals surface area contributed by atoms with E-state index in [4.69, 9.17) is 4.74 Å². The maximum Gasteiger partial charge on any atom is 0.253 e. The molecule has 2 fully saturated rings. The summed E-state index contributed by atoms with van der Waals surface area (Å²) in [5.41, 5.74) is 1.63. The zero-order valence-electron chi connectivity index (χ0n) is 13.4. The molecular weight excluding hydrogens is 324 g/mol. The normalized spacial score (nSPS) is 20.2. The molecule has 3 heterocycles. The van der Waals surface area contributed by atoms with Gasteiger partial charge in [0.05, 0.1) is 18.1 Å². The Morgan fingerprint density at radius 1 is 1.21 bits per heavy atom. The molecule has 1 aromatic carbocycles. The average Bonchev–Trinajstić information content (AvgIpc) is 3.17. The van der Waals surface area contributed by atoms with Crippen LogP contribution in [0.2, 0.25) is 0 Å². The summed E-state index contributed by atoms with van der Waals surface area (Å²) in [6, 6.07) is 7.56. The van der Waals surface area contributed by atoms with E-state index in [9.17, 15) is 4.79 Å². The predicted molar refractivity (Wildman–Crippen MR) is 92.5 cm³/mol. The number of rotatable bonds is 2. The third kappa shape index (κ3) is 3.06. The largest absolute Gasteiger partial charge is 0.381 e. The van der Waals surface area contributed by atoms with Crippen LogP contribution in [0.1, 0.15) is 23.2 Å². The molecule has 4 rings (SSSR count). The monoisotopic (exact) mass is 344 g/mol. The molecule has 1 amide bonds. The highest BCUT2D eigenvalue weighted by Gasteiger charge is 2.39. The lowest BCUT2D eigenvalue weighted by atomic mass is 9.97. The molecule has 6 nitrogen and oxygen atoms in total. The van der Waals surface area contributed by atoms with Crippen LogP contribution in [0.5, 0.6) is 0 Å². The van der Waals surface area contributed by atoms with Crippen LogP contribution in [-0.2, 0) is 4.74 Å². The molecule has 7 heteroatoms. The van der Waals surface area contributed by atoms with Gasteiger partial charge in [-0.2, -0.15) is 11.8 Å². The van der Waals surface area contributed by atoms with Gasteiger partial charge in [-0.25, -0.2) is 4.68 Å². The first-order valence-corrected chi connectivity index (χ1v) is 9.22. The predicted octanol–water partition coefficient (Wildman–Crippen LogP) is 2.01. The Hall–Kier alpha value is -1.86. The zero-order valence-corrected chi connectivity index (χ0v) is 14.2. The van der Waals surface area contributed by atoms with Crippen molar-refractivity contribution < 1.29 is 9.53 Å². The van der Waals surface area contributed by atoms with Crippen molar-refractivity contribution in [1.29, 1.82) is 0 Å². The van der Waals surface area contributed by atoms with Gasteiger partial charge in [0.1, 0.15) is 0 Å². The minimum atomic E-state index is 0.117. The van der Waals surface area contributed by atoms with Gasteiger partial charge in [0.25, 0.3) is 5.91 Å². The Bertz CT molecular complexity index is 690. The second kappa shape index (κ2) is 6.57. The van der Waals surface area contributed by atoms with E-state index in [0.717, 1.165) is 56.1 Å². The molecule has 0 saturated carbocycles. The smallest absolute Gasteiger partial charge is 0.253 e. The molecular formula is C17H20N4O2S. The van der Waals surface area contributed by atoms with Gasteiger partial charge in [0, 0.05) is 42.4 Å². The molecule has 0 N–H and O–H groups in total. The van der Waals surface area contributed by atoms with Gasteiger partial charge in [-0.15, -0.1) is 5.10 Å². The number of carbonyl (C=O) groups excluding carboxylic acids is 1. The van der Waals surface area contributed by atoms with Crippen LogP contribution in [0.15, 0.2) is 36.7 Å². The highest BCUT2D eigenvalue weighted by Crippen LogP contribution is 2.39. The summed E-state index contributed by atoms with van der Waals surface area (Å²) in [6.45, 7) is 3.25. The number of amides is 1. The van der Waals surface area contributed by atoms with Crippen molar-refractivity contribution in [1.82, 2.24) is 19.9 Å². The molecule has 2 aliphatic heterocycles. The molecule has 0 radical (unpaired) electrons. The van der Waals surface area contributed by atoms with Crippen LogP contribution in [0.3, 0.4) is 0 Å².